The number of hydrogen-bond acceptors (Lipinski definition) is 4. The average Bonchev–Trinajstić information content (AvgIpc) is 2.74. The van der Waals surface area contributed by atoms with Gasteiger partial charge in [-0.2, -0.15) is 10.4 Å². The highest BCUT2D eigenvalue weighted by molar-refractivity contribution is 6.01. The summed E-state index contributed by atoms with van der Waals surface area (Å²) in [6.45, 7) is 1.74. The fraction of sp³-hybridized carbons (Fsp3) is 0.125. The van der Waals surface area contributed by atoms with Crippen molar-refractivity contribution in [2.75, 3.05) is 7.05 Å². The lowest BCUT2D eigenvalue weighted by Gasteiger charge is -2.39. The molecular formula is C24H18F2N4O. The molecule has 1 amide bonds. The van der Waals surface area contributed by atoms with Gasteiger partial charge in [0, 0.05) is 24.8 Å². The lowest BCUT2D eigenvalue weighted by Crippen LogP contribution is -2.48. The van der Waals surface area contributed by atoms with Crippen molar-refractivity contribution in [1.29, 1.82) is 5.26 Å². The van der Waals surface area contributed by atoms with Crippen molar-refractivity contribution in [3.8, 4) is 6.07 Å². The molecular weight excluding hydrogens is 398 g/mol. The van der Waals surface area contributed by atoms with Crippen LogP contribution in [0.1, 0.15) is 23.6 Å². The molecule has 0 aromatic heterocycles. The standard InChI is InChI=1S/C24H18F2N4O/c1-15-3-6-18(20-10-9-19(25)12-21(20)26)11-23-29(2)22(13-24(31)30(23)28-15)17-7-4-16(14-27)5-8-17/h3-13,23H,1-2H3/b6-3-,18-11?,28-15-. The van der Waals surface area contributed by atoms with Gasteiger partial charge in [-0.15, -0.1) is 0 Å². The predicted octanol–water partition coefficient (Wildman–Crippen LogP) is 4.31. The van der Waals surface area contributed by atoms with Crippen LogP contribution in [-0.2, 0) is 4.79 Å². The third-order valence-corrected chi connectivity index (χ3v) is 5.16. The van der Waals surface area contributed by atoms with Crippen LogP contribution in [0.15, 0.2) is 71.9 Å². The predicted molar refractivity (Wildman–Crippen MR) is 114 cm³/mol. The van der Waals surface area contributed by atoms with Crippen LogP contribution in [0.25, 0.3) is 11.3 Å². The first-order valence-electron chi connectivity index (χ1n) is 9.56. The molecule has 2 aliphatic heterocycles. The van der Waals surface area contributed by atoms with Crippen LogP contribution in [-0.4, -0.2) is 34.7 Å². The maximum atomic E-state index is 14.5. The van der Waals surface area contributed by atoms with Gasteiger partial charge in [0.1, 0.15) is 17.8 Å². The van der Waals surface area contributed by atoms with Gasteiger partial charge in [-0.05, 0) is 54.5 Å². The second-order valence-electron chi connectivity index (χ2n) is 7.25. The number of hydrogen-bond donors (Lipinski definition) is 0. The summed E-state index contributed by atoms with van der Waals surface area (Å²) in [6.07, 6.45) is 5.94. The number of carbonyl (C=O) groups excluding carboxylic acids is 1. The van der Waals surface area contributed by atoms with Gasteiger partial charge in [0.15, 0.2) is 0 Å². The SMILES string of the molecule is CC1=N/N2C(=O)C=C(c3ccc(C#N)cc3)N(C)C2C=C(c2ccc(F)cc2F)/C=C\1. The van der Waals surface area contributed by atoms with Gasteiger partial charge >= 0.3 is 0 Å². The normalized spacial score (nSPS) is 21.1. The summed E-state index contributed by atoms with van der Waals surface area (Å²) in [5, 5.41) is 14.8. The zero-order valence-corrected chi connectivity index (χ0v) is 16.9. The van der Waals surface area contributed by atoms with E-state index in [1.54, 1.807) is 56.5 Å². The van der Waals surface area contributed by atoms with Crippen LogP contribution in [0.5, 0.6) is 0 Å². The highest BCUT2D eigenvalue weighted by atomic mass is 19.1. The van der Waals surface area contributed by atoms with Crippen molar-refractivity contribution in [2.24, 2.45) is 5.10 Å². The Bertz CT molecular complexity index is 1220. The van der Waals surface area contributed by atoms with Gasteiger partial charge < -0.3 is 4.90 Å². The molecule has 2 aromatic rings. The molecule has 5 nitrogen and oxygen atoms in total. The van der Waals surface area contributed by atoms with E-state index in [1.165, 1.54) is 23.2 Å². The Morgan fingerprint density at radius 2 is 1.84 bits per heavy atom. The summed E-state index contributed by atoms with van der Waals surface area (Å²) in [4.78, 5) is 14.8. The number of rotatable bonds is 2. The number of hydrazone groups is 1. The lowest BCUT2D eigenvalue weighted by atomic mass is 10.0. The number of likely N-dealkylation sites (N-methyl/N-ethyl adjacent to an activating group) is 1. The maximum Gasteiger partial charge on any atom is 0.271 e. The minimum atomic E-state index is -0.690. The van der Waals surface area contributed by atoms with Crippen LogP contribution in [0.2, 0.25) is 0 Å². The molecule has 0 bridgehead atoms. The number of benzene rings is 2. The third-order valence-electron chi connectivity index (χ3n) is 5.16. The van der Waals surface area contributed by atoms with Crippen molar-refractivity contribution in [1.82, 2.24) is 9.91 Å². The summed E-state index contributed by atoms with van der Waals surface area (Å²) in [5.41, 5.74) is 3.21. The van der Waals surface area contributed by atoms with Crippen molar-refractivity contribution in [2.45, 2.75) is 13.1 Å². The summed E-state index contributed by atoms with van der Waals surface area (Å²) in [7, 11) is 1.81. The minimum Gasteiger partial charge on any atom is -0.349 e. The van der Waals surface area contributed by atoms with Crippen molar-refractivity contribution in [3.63, 3.8) is 0 Å². The Hall–Kier alpha value is -4.05. The summed E-state index contributed by atoms with van der Waals surface area (Å²) in [5.74, 6) is -1.68. The lowest BCUT2D eigenvalue weighted by molar-refractivity contribution is -0.130. The van der Waals surface area contributed by atoms with Crippen LogP contribution in [0.3, 0.4) is 0 Å². The molecule has 154 valence electrons. The monoisotopic (exact) mass is 416 g/mol. The molecule has 2 aromatic carbocycles. The number of fused-ring (bicyclic) bond motifs is 1. The number of nitrogens with zero attached hydrogens (tertiary/aromatic N) is 4. The zero-order valence-electron chi connectivity index (χ0n) is 16.9. The van der Waals surface area contributed by atoms with Gasteiger partial charge in [-0.25, -0.2) is 13.8 Å². The van der Waals surface area contributed by atoms with E-state index < -0.39 is 17.8 Å². The Morgan fingerprint density at radius 3 is 2.52 bits per heavy atom. The second kappa shape index (κ2) is 8.00. The van der Waals surface area contributed by atoms with E-state index in [-0.39, 0.29) is 11.5 Å². The van der Waals surface area contributed by atoms with Crippen LogP contribution >= 0.6 is 0 Å². The number of allylic oxidation sites excluding steroid dienone is 3. The molecule has 0 N–H and O–H groups in total. The van der Waals surface area contributed by atoms with Gasteiger partial charge in [0.25, 0.3) is 5.91 Å². The van der Waals surface area contributed by atoms with Crippen LogP contribution < -0.4 is 0 Å². The molecule has 2 aliphatic rings. The van der Waals surface area contributed by atoms with Gasteiger partial charge in [-0.1, -0.05) is 18.2 Å². The van der Waals surface area contributed by atoms with E-state index in [0.29, 0.717) is 22.5 Å². The largest absolute Gasteiger partial charge is 0.349 e. The first kappa shape index (κ1) is 20.2. The zero-order chi connectivity index (χ0) is 22.1. The number of amides is 1. The fourth-order valence-corrected chi connectivity index (χ4v) is 3.55. The van der Waals surface area contributed by atoms with E-state index in [9.17, 15) is 13.6 Å². The molecule has 1 atom stereocenters. The topological polar surface area (TPSA) is 59.7 Å². The third kappa shape index (κ3) is 3.88. The highest BCUT2D eigenvalue weighted by Gasteiger charge is 2.33. The first-order valence-corrected chi connectivity index (χ1v) is 9.56. The molecule has 2 heterocycles. The highest BCUT2D eigenvalue weighted by Crippen LogP contribution is 2.31. The molecule has 1 unspecified atom stereocenters. The van der Waals surface area contributed by atoms with Crippen molar-refractivity contribution < 1.29 is 13.6 Å². The van der Waals surface area contributed by atoms with Gasteiger partial charge in [-0.3, -0.25) is 4.79 Å². The van der Waals surface area contributed by atoms with E-state index in [0.717, 1.165) is 11.6 Å². The summed E-state index contributed by atoms with van der Waals surface area (Å²) in [6, 6.07) is 12.4. The van der Waals surface area contributed by atoms with Crippen LogP contribution in [0.4, 0.5) is 8.78 Å². The van der Waals surface area contributed by atoms with Crippen LogP contribution in [0, 0.1) is 23.0 Å². The molecule has 7 heteroatoms. The quantitative estimate of drug-likeness (QED) is 0.733. The average molecular weight is 416 g/mol. The molecule has 4 rings (SSSR count). The first-order chi connectivity index (χ1) is 14.9. The molecule has 0 saturated heterocycles. The van der Waals surface area contributed by atoms with Gasteiger partial charge in [0.05, 0.1) is 23.0 Å². The van der Waals surface area contributed by atoms with Gasteiger partial charge in [0.2, 0.25) is 0 Å². The molecule has 0 fully saturated rings. The molecule has 0 saturated carbocycles. The van der Waals surface area contributed by atoms with Crippen molar-refractivity contribution in [3.05, 3.63) is 95.1 Å². The number of carbonyl (C=O) groups is 1. The minimum absolute atomic E-state index is 0.225. The van der Waals surface area contributed by atoms with E-state index in [1.807, 2.05) is 4.90 Å². The summed E-state index contributed by atoms with van der Waals surface area (Å²) >= 11 is 0. The molecule has 0 aliphatic carbocycles. The Balaban J connectivity index is 1.82. The fourth-order valence-electron chi connectivity index (χ4n) is 3.55. The second-order valence-corrected chi connectivity index (χ2v) is 7.25. The number of halogens is 2. The number of nitriles is 1. The Kier molecular flexibility index (Phi) is 5.22. The molecule has 31 heavy (non-hydrogen) atoms. The van der Waals surface area contributed by atoms with E-state index in [4.69, 9.17) is 5.26 Å². The van der Waals surface area contributed by atoms with Crippen molar-refractivity contribution >= 4 is 22.9 Å². The Morgan fingerprint density at radius 1 is 1.10 bits per heavy atom. The van der Waals surface area contributed by atoms with E-state index >= 15 is 0 Å². The Labute approximate surface area is 178 Å². The summed E-state index contributed by atoms with van der Waals surface area (Å²) < 4.78 is 27.9. The molecule has 0 spiro atoms. The maximum absolute atomic E-state index is 14.5. The molecule has 0 radical (unpaired) electrons. The van der Waals surface area contributed by atoms with E-state index in [2.05, 4.69) is 11.2 Å². The smallest absolute Gasteiger partial charge is 0.271 e.